The highest BCUT2D eigenvalue weighted by Crippen LogP contribution is 2.11. The SMILES string of the molecule is CCN1[C@H](C)COC[C@H]1C. The molecule has 0 radical (unpaired) electrons. The molecule has 10 heavy (non-hydrogen) atoms. The maximum Gasteiger partial charge on any atom is 0.0620 e. The Labute approximate surface area is 63.2 Å². The molecule has 2 heteroatoms. The molecule has 1 saturated heterocycles. The summed E-state index contributed by atoms with van der Waals surface area (Å²) in [5, 5.41) is 0. The van der Waals surface area contributed by atoms with Gasteiger partial charge in [0.15, 0.2) is 0 Å². The normalized spacial score (nSPS) is 36.3. The van der Waals surface area contributed by atoms with Crippen molar-refractivity contribution in [3.8, 4) is 0 Å². The molecule has 1 rings (SSSR count). The highest BCUT2D eigenvalue weighted by molar-refractivity contribution is 4.75. The van der Waals surface area contributed by atoms with Gasteiger partial charge < -0.3 is 4.74 Å². The third-order valence-corrected chi connectivity index (χ3v) is 2.22. The monoisotopic (exact) mass is 143 g/mol. The zero-order valence-corrected chi connectivity index (χ0v) is 7.13. The van der Waals surface area contributed by atoms with Gasteiger partial charge in [-0.25, -0.2) is 0 Å². The Hall–Kier alpha value is -0.0800. The maximum atomic E-state index is 5.38. The van der Waals surface area contributed by atoms with E-state index < -0.39 is 0 Å². The molecule has 0 bridgehead atoms. The molecule has 0 aromatic carbocycles. The van der Waals surface area contributed by atoms with Crippen LogP contribution in [-0.2, 0) is 4.74 Å². The topological polar surface area (TPSA) is 12.5 Å². The van der Waals surface area contributed by atoms with Gasteiger partial charge >= 0.3 is 0 Å². The predicted molar refractivity (Wildman–Crippen MR) is 42.1 cm³/mol. The molecule has 0 amide bonds. The Morgan fingerprint density at radius 3 is 2.10 bits per heavy atom. The van der Waals surface area contributed by atoms with Gasteiger partial charge in [0.25, 0.3) is 0 Å². The Morgan fingerprint density at radius 1 is 1.30 bits per heavy atom. The molecule has 0 N–H and O–H groups in total. The van der Waals surface area contributed by atoms with E-state index in [1.165, 1.54) is 0 Å². The molecule has 1 aliphatic heterocycles. The fourth-order valence-electron chi connectivity index (χ4n) is 1.66. The van der Waals surface area contributed by atoms with Crippen molar-refractivity contribution in [2.24, 2.45) is 0 Å². The van der Waals surface area contributed by atoms with Crippen LogP contribution in [0.2, 0.25) is 0 Å². The molecule has 2 nitrogen and oxygen atoms in total. The van der Waals surface area contributed by atoms with Crippen LogP contribution >= 0.6 is 0 Å². The average Bonchev–Trinajstić information content (AvgIpc) is 1.88. The molecule has 0 aliphatic carbocycles. The molecule has 1 aliphatic rings. The van der Waals surface area contributed by atoms with Crippen molar-refractivity contribution in [2.75, 3.05) is 19.8 Å². The summed E-state index contributed by atoms with van der Waals surface area (Å²) in [6.45, 7) is 9.60. The first-order valence-electron chi connectivity index (χ1n) is 4.09. The molecule has 60 valence electrons. The number of hydrogen-bond acceptors (Lipinski definition) is 2. The largest absolute Gasteiger partial charge is 0.378 e. The van der Waals surface area contributed by atoms with E-state index in [2.05, 4.69) is 25.7 Å². The summed E-state index contributed by atoms with van der Waals surface area (Å²) in [6.07, 6.45) is 0. The van der Waals surface area contributed by atoms with Crippen LogP contribution in [-0.4, -0.2) is 36.7 Å². The molecule has 1 heterocycles. The highest BCUT2D eigenvalue weighted by Gasteiger charge is 2.22. The molecule has 0 aromatic rings. The Morgan fingerprint density at radius 2 is 1.80 bits per heavy atom. The average molecular weight is 143 g/mol. The summed E-state index contributed by atoms with van der Waals surface area (Å²) in [5.74, 6) is 0. The lowest BCUT2D eigenvalue weighted by molar-refractivity contribution is -0.0338. The standard InChI is InChI=1S/C8H17NO/c1-4-9-7(2)5-10-6-8(9)3/h7-8H,4-6H2,1-3H3/t7-,8-/m1/s1. The van der Waals surface area contributed by atoms with E-state index in [0.29, 0.717) is 12.1 Å². The fourth-order valence-corrected chi connectivity index (χ4v) is 1.66. The van der Waals surface area contributed by atoms with Crippen molar-refractivity contribution in [3.63, 3.8) is 0 Å². The van der Waals surface area contributed by atoms with Crippen molar-refractivity contribution in [3.05, 3.63) is 0 Å². The van der Waals surface area contributed by atoms with E-state index in [1.54, 1.807) is 0 Å². The summed E-state index contributed by atoms with van der Waals surface area (Å²) in [7, 11) is 0. The van der Waals surface area contributed by atoms with Crippen LogP contribution < -0.4 is 0 Å². The maximum absolute atomic E-state index is 5.38. The van der Waals surface area contributed by atoms with Crippen LogP contribution in [0, 0.1) is 0 Å². The first-order chi connectivity index (χ1) is 4.75. The minimum absolute atomic E-state index is 0.605. The Bertz CT molecular complexity index is 95.4. The summed E-state index contributed by atoms with van der Waals surface area (Å²) < 4.78 is 5.38. The Balaban J connectivity index is 2.45. The van der Waals surface area contributed by atoms with Gasteiger partial charge in [0.1, 0.15) is 0 Å². The van der Waals surface area contributed by atoms with Crippen LogP contribution in [0.5, 0.6) is 0 Å². The number of hydrogen-bond donors (Lipinski definition) is 0. The quantitative estimate of drug-likeness (QED) is 0.545. The van der Waals surface area contributed by atoms with Gasteiger partial charge in [0, 0.05) is 12.1 Å². The van der Waals surface area contributed by atoms with Crippen LogP contribution in [0.15, 0.2) is 0 Å². The lowest BCUT2D eigenvalue weighted by Gasteiger charge is -2.37. The smallest absolute Gasteiger partial charge is 0.0620 e. The van der Waals surface area contributed by atoms with E-state index in [-0.39, 0.29) is 0 Å². The van der Waals surface area contributed by atoms with Crippen LogP contribution in [0.25, 0.3) is 0 Å². The summed E-state index contributed by atoms with van der Waals surface area (Å²) in [6, 6.07) is 1.21. The van der Waals surface area contributed by atoms with Gasteiger partial charge in [-0.3, -0.25) is 4.90 Å². The minimum atomic E-state index is 0.605. The number of nitrogens with zero attached hydrogens (tertiary/aromatic N) is 1. The third kappa shape index (κ3) is 1.50. The second-order valence-electron chi connectivity index (χ2n) is 3.07. The van der Waals surface area contributed by atoms with Crippen molar-refractivity contribution >= 4 is 0 Å². The van der Waals surface area contributed by atoms with Gasteiger partial charge in [0.05, 0.1) is 13.2 Å². The lowest BCUT2D eigenvalue weighted by atomic mass is 10.2. The molecule has 0 unspecified atom stereocenters. The first kappa shape index (κ1) is 8.02. The van der Waals surface area contributed by atoms with Gasteiger partial charge in [-0.05, 0) is 20.4 Å². The molecule has 1 fully saturated rings. The van der Waals surface area contributed by atoms with E-state index in [0.717, 1.165) is 19.8 Å². The number of rotatable bonds is 1. The third-order valence-electron chi connectivity index (χ3n) is 2.22. The summed E-state index contributed by atoms with van der Waals surface area (Å²) in [5.41, 5.74) is 0. The number of morpholine rings is 1. The summed E-state index contributed by atoms with van der Waals surface area (Å²) in [4.78, 5) is 2.48. The van der Waals surface area contributed by atoms with Crippen LogP contribution in [0.1, 0.15) is 20.8 Å². The van der Waals surface area contributed by atoms with Crippen molar-refractivity contribution in [1.29, 1.82) is 0 Å². The number of ether oxygens (including phenoxy) is 1. The van der Waals surface area contributed by atoms with E-state index in [9.17, 15) is 0 Å². The van der Waals surface area contributed by atoms with Crippen molar-refractivity contribution in [1.82, 2.24) is 4.90 Å². The molecule has 0 aromatic heterocycles. The summed E-state index contributed by atoms with van der Waals surface area (Å²) >= 11 is 0. The molecular formula is C8H17NO. The van der Waals surface area contributed by atoms with E-state index in [4.69, 9.17) is 4.74 Å². The van der Waals surface area contributed by atoms with Gasteiger partial charge in [0.2, 0.25) is 0 Å². The van der Waals surface area contributed by atoms with Crippen molar-refractivity contribution < 1.29 is 4.74 Å². The Kier molecular flexibility index (Phi) is 2.69. The van der Waals surface area contributed by atoms with Gasteiger partial charge in [-0.15, -0.1) is 0 Å². The molecule has 0 saturated carbocycles. The van der Waals surface area contributed by atoms with Gasteiger partial charge in [-0.1, -0.05) is 6.92 Å². The molecule has 2 atom stereocenters. The fraction of sp³-hybridized carbons (Fsp3) is 1.00. The lowest BCUT2D eigenvalue weighted by Crippen LogP contribution is -2.49. The second kappa shape index (κ2) is 3.35. The highest BCUT2D eigenvalue weighted by atomic mass is 16.5. The minimum Gasteiger partial charge on any atom is -0.378 e. The van der Waals surface area contributed by atoms with Crippen LogP contribution in [0.4, 0.5) is 0 Å². The second-order valence-corrected chi connectivity index (χ2v) is 3.07. The zero-order valence-electron chi connectivity index (χ0n) is 7.13. The van der Waals surface area contributed by atoms with E-state index in [1.807, 2.05) is 0 Å². The van der Waals surface area contributed by atoms with Crippen LogP contribution in [0.3, 0.4) is 0 Å². The molecular weight excluding hydrogens is 126 g/mol. The first-order valence-corrected chi connectivity index (χ1v) is 4.09. The molecule has 0 spiro atoms. The van der Waals surface area contributed by atoms with Gasteiger partial charge in [-0.2, -0.15) is 0 Å². The van der Waals surface area contributed by atoms with E-state index >= 15 is 0 Å². The predicted octanol–water partition coefficient (Wildman–Crippen LogP) is 1.12. The zero-order chi connectivity index (χ0) is 7.56. The van der Waals surface area contributed by atoms with Crippen molar-refractivity contribution in [2.45, 2.75) is 32.9 Å². The number of likely N-dealkylation sites (N-methyl/N-ethyl adjacent to an activating group) is 1.